The summed E-state index contributed by atoms with van der Waals surface area (Å²) in [6, 6.07) is 18.0. The van der Waals surface area contributed by atoms with Gasteiger partial charge in [0.15, 0.2) is 0 Å². The first kappa shape index (κ1) is 14.4. The van der Waals surface area contributed by atoms with Gasteiger partial charge in [0.2, 0.25) is 0 Å². The SMILES string of the molecule is CCN(CCOc1ccccc1)Cc1cccc(N)c1. The van der Waals surface area contributed by atoms with E-state index in [0.29, 0.717) is 6.61 Å². The largest absolute Gasteiger partial charge is 0.492 e. The number of rotatable bonds is 7. The van der Waals surface area contributed by atoms with E-state index < -0.39 is 0 Å². The van der Waals surface area contributed by atoms with E-state index in [1.165, 1.54) is 5.56 Å². The van der Waals surface area contributed by atoms with Crippen LogP contribution in [0.3, 0.4) is 0 Å². The first-order valence-corrected chi connectivity index (χ1v) is 7.02. The molecule has 0 aliphatic rings. The molecule has 2 N–H and O–H groups in total. The quantitative estimate of drug-likeness (QED) is 0.785. The van der Waals surface area contributed by atoms with Crippen LogP contribution >= 0.6 is 0 Å². The Bertz CT molecular complexity index is 513. The normalized spacial score (nSPS) is 10.7. The van der Waals surface area contributed by atoms with Gasteiger partial charge in [0, 0.05) is 18.8 Å². The standard InChI is InChI=1S/C17H22N2O/c1-2-19(14-15-7-6-8-16(18)13-15)11-12-20-17-9-4-3-5-10-17/h3-10,13H,2,11-12,14,18H2,1H3. The van der Waals surface area contributed by atoms with Gasteiger partial charge in [0.1, 0.15) is 12.4 Å². The molecule has 0 saturated carbocycles. The van der Waals surface area contributed by atoms with Crippen LogP contribution in [0.15, 0.2) is 54.6 Å². The molecule has 0 amide bonds. The third kappa shape index (κ3) is 4.59. The molecule has 2 aromatic rings. The molecule has 0 radical (unpaired) electrons. The van der Waals surface area contributed by atoms with E-state index in [4.69, 9.17) is 10.5 Å². The Morgan fingerprint density at radius 2 is 1.85 bits per heavy atom. The molecule has 0 spiro atoms. The van der Waals surface area contributed by atoms with Crippen molar-refractivity contribution in [1.29, 1.82) is 0 Å². The Hall–Kier alpha value is -2.00. The predicted molar refractivity (Wildman–Crippen MR) is 83.7 cm³/mol. The molecule has 0 unspecified atom stereocenters. The number of nitrogens with zero attached hydrogens (tertiary/aromatic N) is 1. The maximum Gasteiger partial charge on any atom is 0.119 e. The van der Waals surface area contributed by atoms with Gasteiger partial charge in [-0.05, 0) is 36.4 Å². The minimum Gasteiger partial charge on any atom is -0.492 e. The summed E-state index contributed by atoms with van der Waals surface area (Å²) in [6.45, 7) is 5.65. The first-order valence-electron chi connectivity index (χ1n) is 7.02. The molecule has 0 fully saturated rings. The zero-order valence-corrected chi connectivity index (χ0v) is 12.0. The average Bonchev–Trinajstić information content (AvgIpc) is 2.47. The fourth-order valence-corrected chi connectivity index (χ4v) is 2.11. The number of likely N-dealkylation sites (N-methyl/N-ethyl adjacent to an activating group) is 1. The number of anilines is 1. The van der Waals surface area contributed by atoms with Gasteiger partial charge in [-0.3, -0.25) is 4.90 Å². The van der Waals surface area contributed by atoms with Crippen LogP contribution in [0.1, 0.15) is 12.5 Å². The van der Waals surface area contributed by atoms with Crippen molar-refractivity contribution in [3.63, 3.8) is 0 Å². The van der Waals surface area contributed by atoms with E-state index in [9.17, 15) is 0 Å². The molecule has 20 heavy (non-hydrogen) atoms. The third-order valence-electron chi connectivity index (χ3n) is 3.22. The first-order chi connectivity index (χ1) is 9.78. The lowest BCUT2D eigenvalue weighted by Crippen LogP contribution is -2.27. The molecular formula is C17H22N2O. The summed E-state index contributed by atoms with van der Waals surface area (Å²) >= 11 is 0. The summed E-state index contributed by atoms with van der Waals surface area (Å²) in [4.78, 5) is 2.34. The van der Waals surface area contributed by atoms with E-state index in [1.807, 2.05) is 48.5 Å². The van der Waals surface area contributed by atoms with Crippen LogP contribution in [0, 0.1) is 0 Å². The van der Waals surface area contributed by atoms with Crippen molar-refractivity contribution >= 4 is 5.69 Å². The van der Waals surface area contributed by atoms with Crippen molar-refractivity contribution in [3.05, 3.63) is 60.2 Å². The molecule has 2 aromatic carbocycles. The second kappa shape index (κ2) is 7.56. The molecule has 3 nitrogen and oxygen atoms in total. The number of benzene rings is 2. The van der Waals surface area contributed by atoms with Gasteiger partial charge in [-0.2, -0.15) is 0 Å². The lowest BCUT2D eigenvalue weighted by molar-refractivity contribution is 0.210. The molecule has 0 aromatic heterocycles. The molecule has 0 bridgehead atoms. The number of hydrogen-bond acceptors (Lipinski definition) is 3. The Morgan fingerprint density at radius 3 is 2.55 bits per heavy atom. The molecule has 3 heteroatoms. The number of hydrogen-bond donors (Lipinski definition) is 1. The van der Waals surface area contributed by atoms with E-state index in [2.05, 4.69) is 17.9 Å². The topological polar surface area (TPSA) is 38.5 Å². The van der Waals surface area contributed by atoms with Gasteiger partial charge in [0.25, 0.3) is 0 Å². The smallest absolute Gasteiger partial charge is 0.119 e. The van der Waals surface area contributed by atoms with Crippen LogP contribution in [0.25, 0.3) is 0 Å². The summed E-state index contributed by atoms with van der Waals surface area (Å²) in [6.07, 6.45) is 0. The minimum atomic E-state index is 0.695. The number of nitrogens with two attached hydrogens (primary N) is 1. The maximum absolute atomic E-state index is 5.81. The van der Waals surface area contributed by atoms with Crippen molar-refractivity contribution < 1.29 is 4.74 Å². The second-order valence-electron chi connectivity index (χ2n) is 4.78. The highest BCUT2D eigenvalue weighted by Gasteiger charge is 2.04. The van der Waals surface area contributed by atoms with E-state index in [0.717, 1.165) is 31.1 Å². The molecule has 106 valence electrons. The summed E-state index contributed by atoms with van der Waals surface area (Å²) in [5, 5.41) is 0. The van der Waals surface area contributed by atoms with Crippen molar-refractivity contribution in [2.45, 2.75) is 13.5 Å². The van der Waals surface area contributed by atoms with Crippen molar-refractivity contribution in [1.82, 2.24) is 4.90 Å². The Kier molecular flexibility index (Phi) is 5.44. The van der Waals surface area contributed by atoms with Gasteiger partial charge in [-0.25, -0.2) is 0 Å². The van der Waals surface area contributed by atoms with Crippen LogP contribution in [0.5, 0.6) is 5.75 Å². The lowest BCUT2D eigenvalue weighted by Gasteiger charge is -2.20. The van der Waals surface area contributed by atoms with Gasteiger partial charge < -0.3 is 10.5 Å². The van der Waals surface area contributed by atoms with Crippen molar-refractivity contribution in [3.8, 4) is 5.75 Å². The molecule has 2 rings (SSSR count). The van der Waals surface area contributed by atoms with E-state index in [-0.39, 0.29) is 0 Å². The highest BCUT2D eigenvalue weighted by molar-refractivity contribution is 5.40. The number of para-hydroxylation sites is 1. The van der Waals surface area contributed by atoms with E-state index in [1.54, 1.807) is 0 Å². The van der Waals surface area contributed by atoms with Gasteiger partial charge in [0.05, 0.1) is 0 Å². The van der Waals surface area contributed by atoms with Gasteiger partial charge in [-0.1, -0.05) is 37.3 Å². The number of nitrogen functional groups attached to an aromatic ring is 1. The average molecular weight is 270 g/mol. The Morgan fingerprint density at radius 1 is 1.05 bits per heavy atom. The summed E-state index contributed by atoms with van der Waals surface area (Å²) in [5.41, 5.74) is 7.87. The van der Waals surface area contributed by atoms with Crippen molar-refractivity contribution in [2.24, 2.45) is 0 Å². The van der Waals surface area contributed by atoms with Crippen LogP contribution in [-0.2, 0) is 6.54 Å². The molecular weight excluding hydrogens is 248 g/mol. The second-order valence-corrected chi connectivity index (χ2v) is 4.78. The Labute approximate surface area is 121 Å². The summed E-state index contributed by atoms with van der Waals surface area (Å²) < 4.78 is 5.73. The predicted octanol–water partition coefficient (Wildman–Crippen LogP) is 3.17. The van der Waals surface area contributed by atoms with Crippen LogP contribution in [-0.4, -0.2) is 24.6 Å². The monoisotopic (exact) mass is 270 g/mol. The zero-order valence-electron chi connectivity index (χ0n) is 12.0. The van der Waals surface area contributed by atoms with Gasteiger partial charge in [-0.15, -0.1) is 0 Å². The number of ether oxygens (including phenoxy) is 1. The molecule has 0 saturated heterocycles. The molecule has 0 atom stereocenters. The summed E-state index contributed by atoms with van der Waals surface area (Å²) in [5.74, 6) is 0.924. The fourth-order valence-electron chi connectivity index (χ4n) is 2.11. The zero-order chi connectivity index (χ0) is 14.2. The lowest BCUT2D eigenvalue weighted by atomic mass is 10.2. The molecule has 0 aliphatic carbocycles. The maximum atomic E-state index is 5.81. The molecule has 0 heterocycles. The minimum absolute atomic E-state index is 0.695. The van der Waals surface area contributed by atoms with E-state index >= 15 is 0 Å². The highest BCUT2D eigenvalue weighted by atomic mass is 16.5. The van der Waals surface area contributed by atoms with Crippen LogP contribution < -0.4 is 10.5 Å². The van der Waals surface area contributed by atoms with Gasteiger partial charge >= 0.3 is 0 Å². The third-order valence-corrected chi connectivity index (χ3v) is 3.22. The van der Waals surface area contributed by atoms with Crippen LogP contribution in [0.2, 0.25) is 0 Å². The molecule has 0 aliphatic heterocycles. The van der Waals surface area contributed by atoms with Crippen LogP contribution in [0.4, 0.5) is 5.69 Å². The summed E-state index contributed by atoms with van der Waals surface area (Å²) in [7, 11) is 0. The van der Waals surface area contributed by atoms with Crippen molar-refractivity contribution in [2.75, 3.05) is 25.4 Å². The Balaban J connectivity index is 1.80. The fraction of sp³-hybridized carbons (Fsp3) is 0.294. The highest BCUT2D eigenvalue weighted by Crippen LogP contribution is 2.11.